The standard InChI is InChI=1S/C19H17NO2S/c1-13(21)18-10-9-15(23-18)11-12-20-19(22)17-8-4-6-14-5-2-3-7-16(14)17/h2-10H,11-12H2,1H3,(H,20,22). The zero-order chi connectivity index (χ0) is 16.2. The molecule has 0 saturated heterocycles. The minimum Gasteiger partial charge on any atom is -0.352 e. The average molecular weight is 323 g/mol. The van der Waals surface area contributed by atoms with Crippen LogP contribution in [0.1, 0.15) is 31.8 Å². The third-order valence-corrected chi connectivity index (χ3v) is 4.95. The van der Waals surface area contributed by atoms with Gasteiger partial charge in [0, 0.05) is 17.0 Å². The van der Waals surface area contributed by atoms with Crippen molar-refractivity contribution in [3.8, 4) is 0 Å². The zero-order valence-corrected chi connectivity index (χ0v) is 13.7. The summed E-state index contributed by atoms with van der Waals surface area (Å²) >= 11 is 1.49. The first-order chi connectivity index (χ1) is 11.1. The smallest absolute Gasteiger partial charge is 0.251 e. The highest BCUT2D eigenvalue weighted by Gasteiger charge is 2.09. The second-order valence-electron chi connectivity index (χ2n) is 5.35. The molecule has 1 aromatic heterocycles. The van der Waals surface area contributed by atoms with Crippen LogP contribution in [0.4, 0.5) is 0 Å². The summed E-state index contributed by atoms with van der Waals surface area (Å²) in [5.41, 5.74) is 0.693. The lowest BCUT2D eigenvalue weighted by molar-refractivity contribution is 0.0954. The Morgan fingerprint density at radius 1 is 1.00 bits per heavy atom. The summed E-state index contributed by atoms with van der Waals surface area (Å²) < 4.78 is 0. The van der Waals surface area contributed by atoms with Crippen molar-refractivity contribution in [1.82, 2.24) is 5.32 Å². The first kappa shape index (κ1) is 15.4. The lowest BCUT2D eigenvalue weighted by atomic mass is 10.0. The quantitative estimate of drug-likeness (QED) is 0.719. The number of benzene rings is 2. The Labute approximate surface area is 139 Å². The van der Waals surface area contributed by atoms with Gasteiger partial charge in [0.15, 0.2) is 5.78 Å². The third kappa shape index (κ3) is 3.48. The Bertz CT molecular complexity index is 861. The largest absolute Gasteiger partial charge is 0.352 e. The van der Waals surface area contributed by atoms with Crippen molar-refractivity contribution in [2.24, 2.45) is 0 Å². The molecule has 0 bridgehead atoms. The molecule has 0 aliphatic heterocycles. The predicted molar refractivity (Wildman–Crippen MR) is 94.3 cm³/mol. The fraction of sp³-hybridized carbons (Fsp3) is 0.158. The van der Waals surface area contributed by atoms with Gasteiger partial charge in [-0.15, -0.1) is 11.3 Å². The molecular formula is C19H17NO2S. The number of ketones is 1. The number of Topliss-reactive ketones (excluding diaryl/α,β-unsaturated/α-hetero) is 1. The van der Waals surface area contributed by atoms with E-state index in [9.17, 15) is 9.59 Å². The summed E-state index contributed by atoms with van der Waals surface area (Å²) in [7, 11) is 0. The highest BCUT2D eigenvalue weighted by Crippen LogP contribution is 2.19. The fourth-order valence-corrected chi connectivity index (χ4v) is 3.42. The summed E-state index contributed by atoms with van der Waals surface area (Å²) in [6.45, 7) is 2.12. The van der Waals surface area contributed by atoms with Gasteiger partial charge in [-0.25, -0.2) is 0 Å². The lowest BCUT2D eigenvalue weighted by Crippen LogP contribution is -2.25. The Balaban J connectivity index is 1.65. The van der Waals surface area contributed by atoms with Crippen LogP contribution < -0.4 is 5.32 Å². The van der Waals surface area contributed by atoms with Crippen LogP contribution in [0.5, 0.6) is 0 Å². The maximum atomic E-state index is 12.4. The molecule has 4 heteroatoms. The first-order valence-corrected chi connectivity index (χ1v) is 8.32. The normalized spacial score (nSPS) is 10.7. The van der Waals surface area contributed by atoms with E-state index in [1.807, 2.05) is 54.6 Å². The SMILES string of the molecule is CC(=O)c1ccc(CCNC(=O)c2cccc3ccccc23)s1. The van der Waals surface area contributed by atoms with Gasteiger partial charge >= 0.3 is 0 Å². The number of rotatable bonds is 5. The second kappa shape index (κ2) is 6.75. The number of nitrogens with one attached hydrogen (secondary N) is 1. The minimum atomic E-state index is -0.0647. The Hall–Kier alpha value is -2.46. The molecule has 0 unspecified atom stereocenters. The van der Waals surface area contributed by atoms with Crippen LogP contribution in [0.3, 0.4) is 0 Å². The van der Waals surface area contributed by atoms with E-state index in [0.29, 0.717) is 12.1 Å². The van der Waals surface area contributed by atoms with Gasteiger partial charge in [0.05, 0.1) is 4.88 Å². The molecular weight excluding hydrogens is 306 g/mol. The van der Waals surface area contributed by atoms with Crippen molar-refractivity contribution >= 4 is 33.8 Å². The molecule has 116 valence electrons. The topological polar surface area (TPSA) is 46.2 Å². The highest BCUT2D eigenvalue weighted by molar-refractivity contribution is 7.14. The van der Waals surface area contributed by atoms with E-state index in [1.54, 1.807) is 6.92 Å². The molecule has 0 radical (unpaired) electrons. The average Bonchev–Trinajstić information content (AvgIpc) is 3.03. The van der Waals surface area contributed by atoms with Crippen molar-refractivity contribution in [2.45, 2.75) is 13.3 Å². The maximum Gasteiger partial charge on any atom is 0.251 e. The summed E-state index contributed by atoms with van der Waals surface area (Å²) in [6.07, 6.45) is 0.731. The van der Waals surface area contributed by atoms with Crippen LogP contribution in [-0.4, -0.2) is 18.2 Å². The Morgan fingerprint density at radius 3 is 2.57 bits per heavy atom. The van der Waals surface area contributed by atoms with E-state index in [0.717, 1.165) is 26.9 Å². The zero-order valence-electron chi connectivity index (χ0n) is 12.8. The van der Waals surface area contributed by atoms with Crippen molar-refractivity contribution in [2.75, 3.05) is 6.54 Å². The van der Waals surface area contributed by atoms with E-state index in [4.69, 9.17) is 0 Å². The number of hydrogen-bond donors (Lipinski definition) is 1. The molecule has 1 amide bonds. The summed E-state index contributed by atoms with van der Waals surface area (Å²) in [5, 5.41) is 4.98. The summed E-state index contributed by atoms with van der Waals surface area (Å²) in [5.74, 6) is 0.0196. The molecule has 1 heterocycles. The number of carbonyl (C=O) groups excluding carboxylic acids is 2. The van der Waals surface area contributed by atoms with Gasteiger partial charge in [0.25, 0.3) is 5.91 Å². The highest BCUT2D eigenvalue weighted by atomic mass is 32.1. The molecule has 3 nitrogen and oxygen atoms in total. The van der Waals surface area contributed by atoms with Crippen molar-refractivity contribution < 1.29 is 9.59 Å². The number of fused-ring (bicyclic) bond motifs is 1. The predicted octanol–water partition coefficient (Wildman–Crippen LogP) is 4.08. The second-order valence-corrected chi connectivity index (χ2v) is 6.52. The third-order valence-electron chi connectivity index (χ3n) is 3.70. The van der Waals surface area contributed by atoms with E-state index < -0.39 is 0 Å². The van der Waals surface area contributed by atoms with Crippen molar-refractivity contribution in [3.05, 3.63) is 69.9 Å². The molecule has 2 aromatic carbocycles. The van der Waals surface area contributed by atoms with E-state index in [-0.39, 0.29) is 11.7 Å². The molecule has 0 atom stereocenters. The Morgan fingerprint density at radius 2 is 1.78 bits per heavy atom. The van der Waals surface area contributed by atoms with Crippen molar-refractivity contribution in [1.29, 1.82) is 0 Å². The van der Waals surface area contributed by atoms with Crippen molar-refractivity contribution in [3.63, 3.8) is 0 Å². The number of carbonyl (C=O) groups is 2. The number of thiophene rings is 1. The number of hydrogen-bond acceptors (Lipinski definition) is 3. The van der Waals surface area contributed by atoms with Gasteiger partial charge in [-0.2, -0.15) is 0 Å². The molecule has 0 spiro atoms. The van der Waals surface area contributed by atoms with Crippen LogP contribution in [0.15, 0.2) is 54.6 Å². The molecule has 0 saturated carbocycles. The van der Waals surface area contributed by atoms with Gasteiger partial charge in [0.2, 0.25) is 0 Å². The van der Waals surface area contributed by atoms with E-state index in [2.05, 4.69) is 5.32 Å². The van der Waals surface area contributed by atoms with E-state index >= 15 is 0 Å². The molecule has 1 N–H and O–H groups in total. The molecule has 3 rings (SSSR count). The number of amides is 1. The van der Waals surface area contributed by atoms with Crippen LogP contribution >= 0.6 is 11.3 Å². The molecule has 23 heavy (non-hydrogen) atoms. The summed E-state index contributed by atoms with van der Waals surface area (Å²) in [4.78, 5) is 25.6. The van der Waals surface area contributed by atoms with Gasteiger partial charge < -0.3 is 5.32 Å². The van der Waals surface area contributed by atoms with Crippen LogP contribution in [0.2, 0.25) is 0 Å². The van der Waals surface area contributed by atoms with Crippen LogP contribution in [0.25, 0.3) is 10.8 Å². The van der Waals surface area contributed by atoms with Gasteiger partial charge in [-0.1, -0.05) is 36.4 Å². The summed E-state index contributed by atoms with van der Waals surface area (Å²) in [6, 6.07) is 17.4. The van der Waals surface area contributed by atoms with Gasteiger partial charge in [-0.05, 0) is 42.3 Å². The first-order valence-electron chi connectivity index (χ1n) is 7.51. The minimum absolute atomic E-state index is 0.0647. The van der Waals surface area contributed by atoms with Gasteiger partial charge in [0.1, 0.15) is 0 Å². The van der Waals surface area contributed by atoms with Crippen LogP contribution in [-0.2, 0) is 6.42 Å². The fourth-order valence-electron chi connectivity index (χ4n) is 2.52. The van der Waals surface area contributed by atoms with Crippen LogP contribution in [0, 0.1) is 0 Å². The van der Waals surface area contributed by atoms with Gasteiger partial charge in [-0.3, -0.25) is 9.59 Å². The maximum absolute atomic E-state index is 12.4. The monoisotopic (exact) mass is 323 g/mol. The Kier molecular flexibility index (Phi) is 4.53. The van der Waals surface area contributed by atoms with E-state index in [1.165, 1.54) is 11.3 Å². The molecule has 3 aromatic rings. The molecule has 0 aliphatic rings. The lowest BCUT2D eigenvalue weighted by Gasteiger charge is -2.07. The molecule has 0 fully saturated rings. The molecule has 0 aliphatic carbocycles.